The number of aromatic nitrogens is 1. The first-order valence-electron chi connectivity index (χ1n) is 7.95. The van der Waals surface area contributed by atoms with E-state index in [4.69, 9.17) is 0 Å². The third-order valence-electron chi connectivity index (χ3n) is 3.98. The first-order chi connectivity index (χ1) is 12.8. The van der Waals surface area contributed by atoms with Crippen LogP contribution in [0.3, 0.4) is 0 Å². The predicted molar refractivity (Wildman–Crippen MR) is 90.4 cm³/mol. The number of para-hydroxylation sites is 1. The lowest BCUT2D eigenvalue weighted by Crippen LogP contribution is -2.30. The molecule has 0 radical (unpaired) electrons. The van der Waals surface area contributed by atoms with Gasteiger partial charge < -0.3 is 10.4 Å². The maximum atomic E-state index is 13.8. The van der Waals surface area contributed by atoms with Crippen LogP contribution in [0.15, 0.2) is 54.6 Å². The Kier molecular flexibility index (Phi) is 5.09. The summed E-state index contributed by atoms with van der Waals surface area (Å²) in [7, 11) is 0. The molecule has 3 rings (SSSR count). The van der Waals surface area contributed by atoms with Crippen molar-refractivity contribution < 1.29 is 27.5 Å². The first-order valence-corrected chi connectivity index (χ1v) is 7.95. The van der Waals surface area contributed by atoms with E-state index in [1.54, 1.807) is 6.07 Å². The summed E-state index contributed by atoms with van der Waals surface area (Å²) in [5.41, 5.74) is -1.42. The van der Waals surface area contributed by atoms with Crippen LogP contribution in [-0.2, 0) is 6.18 Å². The Morgan fingerprint density at radius 3 is 2.56 bits per heavy atom. The molecule has 0 bridgehead atoms. The summed E-state index contributed by atoms with van der Waals surface area (Å²) in [6.45, 7) is -0.455. The number of nitrogens with zero attached hydrogens (tertiary/aromatic N) is 1. The Bertz CT molecular complexity index is 989. The lowest BCUT2D eigenvalue weighted by Gasteiger charge is -2.17. The molecule has 1 heterocycles. The van der Waals surface area contributed by atoms with Crippen molar-refractivity contribution in [1.29, 1.82) is 0 Å². The zero-order valence-corrected chi connectivity index (χ0v) is 13.8. The Balaban J connectivity index is 1.76. The van der Waals surface area contributed by atoms with E-state index in [1.165, 1.54) is 36.4 Å². The number of amides is 1. The van der Waals surface area contributed by atoms with Gasteiger partial charge in [0.25, 0.3) is 5.91 Å². The molecular weight excluding hydrogens is 364 g/mol. The van der Waals surface area contributed by atoms with Crippen LogP contribution in [-0.4, -0.2) is 22.5 Å². The summed E-state index contributed by atoms with van der Waals surface area (Å²) in [6.07, 6.45) is -6.19. The first kappa shape index (κ1) is 18.8. The van der Waals surface area contributed by atoms with Gasteiger partial charge in [0.05, 0.1) is 11.7 Å². The summed E-state index contributed by atoms with van der Waals surface area (Å²) >= 11 is 0. The predicted octanol–water partition coefficient (Wildman–Crippen LogP) is 3.86. The number of hydrogen-bond acceptors (Lipinski definition) is 3. The van der Waals surface area contributed by atoms with Gasteiger partial charge >= 0.3 is 6.18 Å². The molecule has 0 aliphatic rings. The summed E-state index contributed by atoms with van der Waals surface area (Å²) in [4.78, 5) is 16.1. The number of carbonyl (C=O) groups excluding carboxylic acids is 1. The van der Waals surface area contributed by atoms with Gasteiger partial charge in [0.2, 0.25) is 0 Å². The molecular formula is C19H14F4N2O2. The topological polar surface area (TPSA) is 62.2 Å². The molecule has 2 aromatic carbocycles. The lowest BCUT2D eigenvalue weighted by molar-refractivity contribution is -0.139. The molecule has 27 heavy (non-hydrogen) atoms. The summed E-state index contributed by atoms with van der Waals surface area (Å²) in [5, 5.41) is 12.9. The fraction of sp³-hybridized carbons (Fsp3) is 0.158. The second kappa shape index (κ2) is 7.32. The van der Waals surface area contributed by atoms with Crippen LogP contribution in [0.5, 0.6) is 0 Å². The number of hydrogen-bond donors (Lipinski definition) is 2. The number of pyridine rings is 1. The molecule has 3 aromatic rings. The van der Waals surface area contributed by atoms with Gasteiger partial charge in [-0.05, 0) is 23.8 Å². The maximum absolute atomic E-state index is 13.8. The van der Waals surface area contributed by atoms with E-state index in [0.717, 1.165) is 12.1 Å². The van der Waals surface area contributed by atoms with Crippen molar-refractivity contribution in [2.24, 2.45) is 0 Å². The van der Waals surface area contributed by atoms with Crippen LogP contribution >= 0.6 is 0 Å². The van der Waals surface area contributed by atoms with Crippen LogP contribution in [0.4, 0.5) is 17.6 Å². The van der Waals surface area contributed by atoms with E-state index in [-0.39, 0.29) is 16.8 Å². The van der Waals surface area contributed by atoms with Gasteiger partial charge in [-0.15, -0.1) is 0 Å². The van der Waals surface area contributed by atoms with Crippen LogP contribution in [0.25, 0.3) is 10.9 Å². The minimum absolute atomic E-state index is 0.00751. The number of halogens is 4. The van der Waals surface area contributed by atoms with Crippen molar-refractivity contribution in [3.05, 3.63) is 77.2 Å². The number of aliphatic hydroxyl groups is 1. The number of fused-ring (bicyclic) bond motifs is 1. The fourth-order valence-electron chi connectivity index (χ4n) is 2.67. The van der Waals surface area contributed by atoms with Gasteiger partial charge in [0.1, 0.15) is 17.0 Å². The lowest BCUT2D eigenvalue weighted by atomic mass is 10.0. The molecule has 1 amide bonds. The van der Waals surface area contributed by atoms with Gasteiger partial charge in [-0.25, -0.2) is 9.37 Å². The molecule has 0 spiro atoms. The summed E-state index contributed by atoms with van der Waals surface area (Å²) in [5.74, 6) is -1.33. The van der Waals surface area contributed by atoms with Crippen molar-refractivity contribution in [3.63, 3.8) is 0 Å². The SMILES string of the molecule is O=C(NC[C@@H](O)c1ccccc1C(F)(F)F)c1ccc2cccc(F)c2n1. The Morgan fingerprint density at radius 2 is 1.81 bits per heavy atom. The van der Waals surface area contributed by atoms with Gasteiger partial charge in [0.15, 0.2) is 0 Å². The summed E-state index contributed by atoms with van der Waals surface area (Å²) < 4.78 is 52.8. The second-order valence-corrected chi connectivity index (χ2v) is 5.82. The molecule has 4 nitrogen and oxygen atoms in total. The van der Waals surface area contributed by atoms with Crippen molar-refractivity contribution >= 4 is 16.8 Å². The molecule has 0 saturated heterocycles. The van der Waals surface area contributed by atoms with E-state index >= 15 is 0 Å². The highest BCUT2D eigenvalue weighted by Gasteiger charge is 2.34. The molecule has 2 N–H and O–H groups in total. The number of nitrogens with one attached hydrogen (secondary N) is 1. The zero-order valence-electron chi connectivity index (χ0n) is 13.8. The highest BCUT2D eigenvalue weighted by Crippen LogP contribution is 2.34. The molecule has 0 aliphatic carbocycles. The van der Waals surface area contributed by atoms with Gasteiger partial charge in [-0.2, -0.15) is 13.2 Å². The van der Waals surface area contributed by atoms with Crippen molar-refractivity contribution in [2.75, 3.05) is 6.54 Å². The zero-order chi connectivity index (χ0) is 19.6. The molecule has 1 aromatic heterocycles. The van der Waals surface area contributed by atoms with E-state index in [9.17, 15) is 27.5 Å². The van der Waals surface area contributed by atoms with E-state index in [0.29, 0.717) is 5.39 Å². The third kappa shape index (κ3) is 4.06. The second-order valence-electron chi connectivity index (χ2n) is 5.82. The molecule has 1 atom stereocenters. The maximum Gasteiger partial charge on any atom is 0.416 e. The van der Waals surface area contributed by atoms with Crippen molar-refractivity contribution in [2.45, 2.75) is 12.3 Å². The third-order valence-corrected chi connectivity index (χ3v) is 3.98. The Labute approximate surface area is 151 Å². The molecule has 8 heteroatoms. The van der Waals surface area contributed by atoms with Crippen molar-refractivity contribution in [1.82, 2.24) is 10.3 Å². The smallest absolute Gasteiger partial charge is 0.387 e. The van der Waals surface area contributed by atoms with Gasteiger partial charge in [-0.3, -0.25) is 4.79 Å². The quantitative estimate of drug-likeness (QED) is 0.678. The average molecular weight is 378 g/mol. The number of rotatable bonds is 4. The van der Waals surface area contributed by atoms with Crippen LogP contribution in [0.1, 0.15) is 27.7 Å². The van der Waals surface area contributed by atoms with Crippen LogP contribution < -0.4 is 5.32 Å². The highest BCUT2D eigenvalue weighted by molar-refractivity contribution is 5.94. The number of benzene rings is 2. The Morgan fingerprint density at radius 1 is 1.07 bits per heavy atom. The van der Waals surface area contributed by atoms with Crippen molar-refractivity contribution in [3.8, 4) is 0 Å². The monoisotopic (exact) mass is 378 g/mol. The minimum Gasteiger partial charge on any atom is -0.387 e. The Hall–Kier alpha value is -3.00. The number of aliphatic hydroxyl groups excluding tert-OH is 1. The van der Waals surface area contributed by atoms with Gasteiger partial charge in [0, 0.05) is 11.9 Å². The van der Waals surface area contributed by atoms with E-state index in [1.807, 2.05) is 0 Å². The number of carbonyl (C=O) groups is 1. The standard InChI is InChI=1S/C19H14F4N2O2/c20-14-7-3-4-11-8-9-15(25-17(11)14)18(27)24-10-16(26)12-5-1-2-6-13(12)19(21,22)23/h1-9,16,26H,10H2,(H,24,27)/t16-/m1/s1. The molecule has 0 unspecified atom stereocenters. The molecule has 140 valence electrons. The largest absolute Gasteiger partial charge is 0.416 e. The highest BCUT2D eigenvalue weighted by atomic mass is 19.4. The molecule has 0 aliphatic heterocycles. The van der Waals surface area contributed by atoms with E-state index < -0.39 is 36.1 Å². The molecule has 0 fully saturated rings. The van der Waals surface area contributed by atoms with Crippen LogP contribution in [0.2, 0.25) is 0 Å². The van der Waals surface area contributed by atoms with Gasteiger partial charge in [-0.1, -0.05) is 36.4 Å². The minimum atomic E-state index is -4.63. The average Bonchev–Trinajstić information content (AvgIpc) is 2.65. The summed E-state index contributed by atoms with van der Waals surface area (Å²) in [6, 6.07) is 11.8. The van der Waals surface area contributed by atoms with E-state index in [2.05, 4.69) is 10.3 Å². The number of alkyl halides is 3. The molecule has 0 saturated carbocycles. The normalized spacial score (nSPS) is 12.8. The fourth-order valence-corrected chi connectivity index (χ4v) is 2.67. The van der Waals surface area contributed by atoms with Crippen LogP contribution in [0, 0.1) is 5.82 Å².